The molecular formula is C17H34N2. The van der Waals surface area contributed by atoms with Crippen LogP contribution >= 0.6 is 0 Å². The summed E-state index contributed by atoms with van der Waals surface area (Å²) in [4.78, 5) is 2.81. The molecule has 2 heteroatoms. The van der Waals surface area contributed by atoms with Crippen molar-refractivity contribution >= 4 is 0 Å². The van der Waals surface area contributed by atoms with Crippen molar-refractivity contribution in [2.75, 3.05) is 20.1 Å². The molecule has 0 aromatic heterocycles. The highest BCUT2D eigenvalue weighted by Crippen LogP contribution is 2.41. The van der Waals surface area contributed by atoms with Crippen molar-refractivity contribution in [2.24, 2.45) is 11.3 Å². The molecule has 1 heterocycles. The molecule has 1 aliphatic carbocycles. The van der Waals surface area contributed by atoms with Gasteiger partial charge in [0, 0.05) is 24.7 Å². The lowest BCUT2D eigenvalue weighted by atomic mass is 9.68. The van der Waals surface area contributed by atoms with Crippen molar-refractivity contribution in [3.8, 4) is 0 Å². The van der Waals surface area contributed by atoms with Gasteiger partial charge in [-0.15, -0.1) is 0 Å². The normalized spacial score (nSPS) is 33.3. The summed E-state index contributed by atoms with van der Waals surface area (Å²) < 4.78 is 0. The van der Waals surface area contributed by atoms with Gasteiger partial charge in [-0.1, -0.05) is 33.6 Å². The molecule has 0 amide bonds. The second kappa shape index (κ2) is 5.73. The molecular weight excluding hydrogens is 232 g/mol. The van der Waals surface area contributed by atoms with Gasteiger partial charge in [0.2, 0.25) is 0 Å². The first-order valence-electron chi connectivity index (χ1n) is 8.29. The number of hydrogen-bond acceptors (Lipinski definition) is 2. The van der Waals surface area contributed by atoms with Crippen LogP contribution in [0, 0.1) is 11.3 Å². The maximum absolute atomic E-state index is 3.52. The minimum atomic E-state index is 0.377. The Morgan fingerprint density at radius 1 is 1.05 bits per heavy atom. The van der Waals surface area contributed by atoms with Gasteiger partial charge in [-0.25, -0.2) is 0 Å². The van der Waals surface area contributed by atoms with Gasteiger partial charge < -0.3 is 5.32 Å². The van der Waals surface area contributed by atoms with E-state index in [1.165, 1.54) is 51.6 Å². The Bertz CT molecular complexity index is 284. The highest BCUT2D eigenvalue weighted by atomic mass is 15.2. The third kappa shape index (κ3) is 3.52. The van der Waals surface area contributed by atoms with E-state index in [2.05, 4.69) is 45.0 Å². The summed E-state index contributed by atoms with van der Waals surface area (Å²) in [6.07, 6.45) is 8.36. The number of nitrogens with one attached hydrogen (secondary N) is 1. The predicted molar refractivity (Wildman–Crippen MR) is 83.5 cm³/mol. The van der Waals surface area contributed by atoms with Crippen LogP contribution in [-0.4, -0.2) is 36.6 Å². The SMILES string of the molecule is CNC1(C)CCN(C2CCCCC2C(C)(C)C)CC1. The van der Waals surface area contributed by atoms with E-state index in [9.17, 15) is 0 Å². The molecule has 1 saturated carbocycles. The van der Waals surface area contributed by atoms with E-state index in [-0.39, 0.29) is 0 Å². The van der Waals surface area contributed by atoms with Gasteiger partial charge in [0.15, 0.2) is 0 Å². The molecule has 0 radical (unpaired) electrons. The van der Waals surface area contributed by atoms with E-state index < -0.39 is 0 Å². The van der Waals surface area contributed by atoms with Gasteiger partial charge in [-0.2, -0.15) is 0 Å². The van der Waals surface area contributed by atoms with Crippen LogP contribution < -0.4 is 5.32 Å². The molecule has 2 aliphatic rings. The highest BCUT2D eigenvalue weighted by molar-refractivity contribution is 4.95. The molecule has 0 aromatic rings. The fraction of sp³-hybridized carbons (Fsp3) is 1.00. The molecule has 1 saturated heterocycles. The molecule has 2 unspecified atom stereocenters. The van der Waals surface area contributed by atoms with Crippen LogP contribution in [0.4, 0.5) is 0 Å². The molecule has 1 aliphatic heterocycles. The van der Waals surface area contributed by atoms with E-state index in [0.29, 0.717) is 11.0 Å². The van der Waals surface area contributed by atoms with E-state index >= 15 is 0 Å². The average molecular weight is 266 g/mol. The van der Waals surface area contributed by atoms with Crippen molar-refractivity contribution in [3.05, 3.63) is 0 Å². The molecule has 2 atom stereocenters. The monoisotopic (exact) mass is 266 g/mol. The molecule has 1 N–H and O–H groups in total. The second-order valence-corrected chi connectivity index (χ2v) is 8.17. The molecule has 19 heavy (non-hydrogen) atoms. The molecule has 2 rings (SSSR count). The van der Waals surface area contributed by atoms with E-state index in [4.69, 9.17) is 0 Å². The molecule has 0 aromatic carbocycles. The standard InChI is InChI=1S/C17H34N2/c1-16(2,3)14-8-6-7-9-15(14)19-12-10-17(4,18-5)11-13-19/h14-15,18H,6-13H2,1-5H3. The fourth-order valence-corrected chi connectivity index (χ4v) is 4.16. The topological polar surface area (TPSA) is 15.3 Å². The summed E-state index contributed by atoms with van der Waals surface area (Å²) in [6, 6.07) is 0.843. The third-order valence-corrected chi connectivity index (χ3v) is 5.82. The maximum Gasteiger partial charge on any atom is 0.0174 e. The van der Waals surface area contributed by atoms with Gasteiger partial charge in [0.25, 0.3) is 0 Å². The quantitative estimate of drug-likeness (QED) is 0.820. The van der Waals surface area contributed by atoms with Crippen molar-refractivity contribution < 1.29 is 0 Å². The van der Waals surface area contributed by atoms with Gasteiger partial charge in [0.1, 0.15) is 0 Å². The first-order chi connectivity index (χ1) is 8.86. The smallest absolute Gasteiger partial charge is 0.0174 e. The lowest BCUT2D eigenvalue weighted by molar-refractivity contribution is 0.0150. The minimum Gasteiger partial charge on any atom is -0.314 e. The van der Waals surface area contributed by atoms with Crippen LogP contribution in [-0.2, 0) is 0 Å². The van der Waals surface area contributed by atoms with Gasteiger partial charge >= 0.3 is 0 Å². The zero-order chi connectivity index (χ0) is 14.1. The third-order valence-electron chi connectivity index (χ3n) is 5.82. The van der Waals surface area contributed by atoms with E-state index in [1.807, 2.05) is 0 Å². The Morgan fingerprint density at radius 2 is 1.63 bits per heavy atom. The first-order valence-corrected chi connectivity index (χ1v) is 8.29. The van der Waals surface area contributed by atoms with Crippen LogP contribution in [0.2, 0.25) is 0 Å². The Balaban J connectivity index is 2.00. The molecule has 2 fully saturated rings. The number of nitrogens with zero attached hydrogens (tertiary/aromatic N) is 1. The molecule has 2 nitrogen and oxygen atoms in total. The van der Waals surface area contributed by atoms with Crippen molar-refractivity contribution in [1.82, 2.24) is 10.2 Å². The molecule has 0 spiro atoms. The van der Waals surface area contributed by atoms with E-state index in [1.54, 1.807) is 0 Å². The number of piperidine rings is 1. The van der Waals surface area contributed by atoms with Crippen LogP contribution in [0.25, 0.3) is 0 Å². The summed E-state index contributed by atoms with van der Waals surface area (Å²) in [6.45, 7) is 12.3. The highest BCUT2D eigenvalue weighted by Gasteiger charge is 2.39. The number of rotatable bonds is 2. The Kier molecular flexibility index (Phi) is 4.62. The first kappa shape index (κ1) is 15.3. The summed E-state index contributed by atoms with van der Waals surface area (Å²) in [5.41, 5.74) is 0.844. The maximum atomic E-state index is 3.52. The van der Waals surface area contributed by atoms with Gasteiger partial charge in [-0.05, 0) is 51.0 Å². The van der Waals surface area contributed by atoms with Crippen LogP contribution in [0.5, 0.6) is 0 Å². The van der Waals surface area contributed by atoms with E-state index in [0.717, 1.165) is 12.0 Å². The zero-order valence-corrected chi connectivity index (χ0v) is 13.8. The fourth-order valence-electron chi connectivity index (χ4n) is 4.16. The predicted octanol–water partition coefficient (Wildman–Crippen LogP) is 3.67. The Morgan fingerprint density at radius 3 is 2.16 bits per heavy atom. The molecule has 0 bridgehead atoms. The largest absolute Gasteiger partial charge is 0.314 e. The summed E-state index contributed by atoms with van der Waals surface area (Å²) >= 11 is 0. The number of likely N-dealkylation sites (tertiary alicyclic amines) is 1. The van der Waals surface area contributed by atoms with Crippen LogP contribution in [0.15, 0.2) is 0 Å². The average Bonchev–Trinajstić information content (AvgIpc) is 2.39. The summed E-state index contributed by atoms with van der Waals surface area (Å²) in [5.74, 6) is 0.889. The minimum absolute atomic E-state index is 0.377. The van der Waals surface area contributed by atoms with Crippen LogP contribution in [0.1, 0.15) is 66.2 Å². The van der Waals surface area contributed by atoms with Crippen molar-refractivity contribution in [1.29, 1.82) is 0 Å². The lowest BCUT2D eigenvalue weighted by Gasteiger charge is -2.49. The zero-order valence-electron chi connectivity index (χ0n) is 13.8. The number of hydrogen-bond donors (Lipinski definition) is 1. The summed E-state index contributed by atoms with van der Waals surface area (Å²) in [7, 11) is 2.12. The Labute approximate surface area is 120 Å². The van der Waals surface area contributed by atoms with Gasteiger partial charge in [-0.3, -0.25) is 4.90 Å². The second-order valence-electron chi connectivity index (χ2n) is 8.17. The van der Waals surface area contributed by atoms with Crippen molar-refractivity contribution in [3.63, 3.8) is 0 Å². The van der Waals surface area contributed by atoms with Gasteiger partial charge in [0.05, 0.1) is 0 Å². The van der Waals surface area contributed by atoms with Crippen molar-refractivity contribution in [2.45, 2.75) is 77.8 Å². The summed E-state index contributed by atoms with van der Waals surface area (Å²) in [5, 5.41) is 3.52. The lowest BCUT2D eigenvalue weighted by Crippen LogP contribution is -2.55. The molecule has 112 valence electrons. The Hall–Kier alpha value is -0.0800. The van der Waals surface area contributed by atoms with Crippen LogP contribution in [0.3, 0.4) is 0 Å².